The molecule has 1 fully saturated rings. The van der Waals surface area contributed by atoms with Crippen molar-refractivity contribution in [2.45, 2.75) is 52.6 Å². The first-order chi connectivity index (χ1) is 10.1. The van der Waals surface area contributed by atoms with Crippen LogP contribution >= 0.6 is 0 Å². The van der Waals surface area contributed by atoms with E-state index in [1.54, 1.807) is 0 Å². The number of amides is 1. The number of carbonyl (C=O) groups excluding carboxylic acids is 1. The number of benzene rings is 1. The molecule has 0 aliphatic carbocycles. The average molecular weight is 291 g/mol. The molecule has 116 valence electrons. The molecule has 0 aromatic heterocycles. The molecule has 4 heteroatoms. The van der Waals surface area contributed by atoms with Crippen molar-refractivity contribution in [3.8, 4) is 0 Å². The normalized spacial score (nSPS) is 25.0. The lowest BCUT2D eigenvalue weighted by atomic mass is 10.0. The maximum Gasteiger partial charge on any atom is 0.249 e. The molecule has 2 rings (SSSR count). The third-order valence-corrected chi connectivity index (χ3v) is 3.89. The fraction of sp³-hybridized carbons (Fsp3) is 0.588. The lowest BCUT2D eigenvalue weighted by molar-refractivity contribution is -0.133. The molecule has 1 aliphatic heterocycles. The molecule has 1 N–H and O–H groups in total. The summed E-state index contributed by atoms with van der Waals surface area (Å²) in [5.41, 5.74) is 2.21. The number of ether oxygens (including phenoxy) is 2. The van der Waals surface area contributed by atoms with Crippen LogP contribution in [0.3, 0.4) is 0 Å². The van der Waals surface area contributed by atoms with Crippen LogP contribution < -0.4 is 5.32 Å². The van der Waals surface area contributed by atoms with Gasteiger partial charge in [-0.05, 0) is 37.3 Å². The highest BCUT2D eigenvalue weighted by Gasteiger charge is 2.34. The zero-order chi connectivity index (χ0) is 15.2. The van der Waals surface area contributed by atoms with Gasteiger partial charge in [-0.1, -0.05) is 31.2 Å². The monoisotopic (exact) mass is 291 g/mol. The van der Waals surface area contributed by atoms with E-state index in [1.807, 2.05) is 38.1 Å². The zero-order valence-corrected chi connectivity index (χ0v) is 13.1. The molecule has 1 aromatic rings. The van der Waals surface area contributed by atoms with Gasteiger partial charge in [-0.15, -0.1) is 0 Å². The second-order valence-electron chi connectivity index (χ2n) is 5.70. The fourth-order valence-electron chi connectivity index (χ4n) is 2.77. The van der Waals surface area contributed by atoms with Crippen LogP contribution in [0, 0.1) is 5.92 Å². The van der Waals surface area contributed by atoms with Crippen LogP contribution in [0.25, 0.3) is 0 Å². The fourth-order valence-corrected chi connectivity index (χ4v) is 2.77. The van der Waals surface area contributed by atoms with Crippen molar-refractivity contribution in [2.24, 2.45) is 5.92 Å². The standard InChI is InChI=1S/C17H25NO3/c1-4-20-11-15-8-6-5-7-14(15)10-18-17(19)16-12(2)9-13(3)21-16/h5-8,12-13,16H,4,9-11H2,1-3H3,(H,18,19). The lowest BCUT2D eigenvalue weighted by Gasteiger charge is -2.16. The Kier molecular flexibility index (Phi) is 5.76. The molecular weight excluding hydrogens is 266 g/mol. The molecule has 4 nitrogen and oxygen atoms in total. The first kappa shape index (κ1) is 16.0. The molecule has 0 saturated carbocycles. The molecular formula is C17H25NO3. The average Bonchev–Trinajstić information content (AvgIpc) is 2.82. The van der Waals surface area contributed by atoms with Crippen molar-refractivity contribution in [1.29, 1.82) is 0 Å². The molecule has 3 atom stereocenters. The molecule has 0 radical (unpaired) electrons. The highest BCUT2D eigenvalue weighted by molar-refractivity contribution is 5.81. The number of carbonyl (C=O) groups is 1. The van der Waals surface area contributed by atoms with Gasteiger partial charge in [0.25, 0.3) is 0 Å². The Bertz CT molecular complexity index is 475. The van der Waals surface area contributed by atoms with Gasteiger partial charge in [-0.3, -0.25) is 4.79 Å². The van der Waals surface area contributed by atoms with E-state index >= 15 is 0 Å². The van der Waals surface area contributed by atoms with E-state index in [1.165, 1.54) is 0 Å². The Morgan fingerprint density at radius 1 is 1.33 bits per heavy atom. The minimum Gasteiger partial charge on any atom is -0.377 e. The molecule has 0 bridgehead atoms. The quantitative estimate of drug-likeness (QED) is 0.876. The molecule has 3 unspecified atom stereocenters. The van der Waals surface area contributed by atoms with Crippen molar-refractivity contribution in [1.82, 2.24) is 5.32 Å². The van der Waals surface area contributed by atoms with Crippen LogP contribution in [0.5, 0.6) is 0 Å². The van der Waals surface area contributed by atoms with E-state index < -0.39 is 0 Å². The number of hydrogen-bond donors (Lipinski definition) is 1. The minimum absolute atomic E-state index is 0.0157. The smallest absolute Gasteiger partial charge is 0.249 e. The van der Waals surface area contributed by atoms with Gasteiger partial charge in [0, 0.05) is 13.2 Å². The highest BCUT2D eigenvalue weighted by Crippen LogP contribution is 2.25. The second-order valence-corrected chi connectivity index (χ2v) is 5.70. The molecule has 21 heavy (non-hydrogen) atoms. The number of rotatable bonds is 6. The second kappa shape index (κ2) is 7.57. The van der Waals surface area contributed by atoms with E-state index in [0.29, 0.717) is 19.8 Å². The lowest BCUT2D eigenvalue weighted by Crippen LogP contribution is -2.37. The van der Waals surface area contributed by atoms with Crippen LogP contribution in [-0.2, 0) is 27.4 Å². The van der Waals surface area contributed by atoms with Gasteiger partial charge < -0.3 is 14.8 Å². The third kappa shape index (κ3) is 4.29. The molecule has 1 amide bonds. The summed E-state index contributed by atoms with van der Waals surface area (Å²) in [4.78, 5) is 12.2. The molecule has 1 aliphatic rings. The number of hydrogen-bond acceptors (Lipinski definition) is 3. The van der Waals surface area contributed by atoms with Crippen LogP contribution in [0.2, 0.25) is 0 Å². The maximum atomic E-state index is 12.2. The maximum absolute atomic E-state index is 12.2. The van der Waals surface area contributed by atoms with Crippen molar-refractivity contribution < 1.29 is 14.3 Å². The first-order valence-corrected chi connectivity index (χ1v) is 7.69. The van der Waals surface area contributed by atoms with Crippen molar-refractivity contribution in [2.75, 3.05) is 6.61 Å². The summed E-state index contributed by atoms with van der Waals surface area (Å²) < 4.78 is 11.1. The van der Waals surface area contributed by atoms with Gasteiger partial charge in [-0.2, -0.15) is 0 Å². The summed E-state index contributed by atoms with van der Waals surface area (Å²) in [6.45, 7) is 7.84. The summed E-state index contributed by atoms with van der Waals surface area (Å²) in [7, 11) is 0. The van der Waals surface area contributed by atoms with Crippen LogP contribution in [-0.4, -0.2) is 24.7 Å². The van der Waals surface area contributed by atoms with Crippen molar-refractivity contribution in [3.05, 3.63) is 35.4 Å². The van der Waals surface area contributed by atoms with Gasteiger partial charge in [0.05, 0.1) is 12.7 Å². The van der Waals surface area contributed by atoms with E-state index in [-0.39, 0.29) is 24.0 Å². The van der Waals surface area contributed by atoms with Gasteiger partial charge in [0.1, 0.15) is 6.10 Å². The van der Waals surface area contributed by atoms with Crippen molar-refractivity contribution >= 4 is 5.91 Å². The predicted octanol–water partition coefficient (Wildman–Crippen LogP) is 2.65. The van der Waals surface area contributed by atoms with Gasteiger partial charge in [0.2, 0.25) is 5.91 Å². The highest BCUT2D eigenvalue weighted by atomic mass is 16.5. The van der Waals surface area contributed by atoms with E-state index in [9.17, 15) is 4.79 Å². The van der Waals surface area contributed by atoms with Gasteiger partial charge >= 0.3 is 0 Å². The largest absolute Gasteiger partial charge is 0.377 e. The SMILES string of the molecule is CCOCc1ccccc1CNC(=O)C1OC(C)CC1C. The Hall–Kier alpha value is -1.39. The Balaban J connectivity index is 1.92. The van der Waals surface area contributed by atoms with Crippen molar-refractivity contribution in [3.63, 3.8) is 0 Å². The summed E-state index contributed by atoms with van der Waals surface area (Å²) in [5.74, 6) is 0.261. The van der Waals surface area contributed by atoms with Gasteiger partial charge in [0.15, 0.2) is 0 Å². The number of nitrogens with one attached hydrogen (secondary N) is 1. The predicted molar refractivity (Wildman–Crippen MR) is 81.7 cm³/mol. The van der Waals surface area contributed by atoms with E-state index in [4.69, 9.17) is 9.47 Å². The Morgan fingerprint density at radius 2 is 2.05 bits per heavy atom. The molecule has 1 aromatic carbocycles. The van der Waals surface area contributed by atoms with Crippen LogP contribution in [0.1, 0.15) is 38.3 Å². The first-order valence-electron chi connectivity index (χ1n) is 7.69. The van der Waals surface area contributed by atoms with Crippen LogP contribution in [0.4, 0.5) is 0 Å². The van der Waals surface area contributed by atoms with Gasteiger partial charge in [-0.25, -0.2) is 0 Å². The van der Waals surface area contributed by atoms with Crippen LogP contribution in [0.15, 0.2) is 24.3 Å². The zero-order valence-electron chi connectivity index (χ0n) is 13.1. The Labute approximate surface area is 126 Å². The third-order valence-electron chi connectivity index (χ3n) is 3.89. The topological polar surface area (TPSA) is 47.6 Å². The summed E-state index contributed by atoms with van der Waals surface area (Å²) in [6.07, 6.45) is 0.791. The summed E-state index contributed by atoms with van der Waals surface area (Å²) in [5, 5.41) is 2.99. The molecule has 0 spiro atoms. The van der Waals surface area contributed by atoms with E-state index in [0.717, 1.165) is 17.5 Å². The summed E-state index contributed by atoms with van der Waals surface area (Å²) >= 11 is 0. The van der Waals surface area contributed by atoms with E-state index in [2.05, 4.69) is 12.2 Å². The minimum atomic E-state index is -0.320. The molecule has 1 heterocycles. The summed E-state index contributed by atoms with van der Waals surface area (Å²) in [6, 6.07) is 8.03. The molecule has 1 saturated heterocycles. The Morgan fingerprint density at radius 3 is 2.67 bits per heavy atom.